The van der Waals surface area contributed by atoms with Crippen LogP contribution in [0, 0.1) is 0 Å². The maximum atomic E-state index is 13.0. The lowest BCUT2D eigenvalue weighted by Gasteiger charge is -2.10. The minimum atomic E-state index is -4.05. The van der Waals surface area contributed by atoms with E-state index in [0.29, 0.717) is 11.2 Å². The average Bonchev–Trinajstić information content (AvgIpc) is 3.52. The summed E-state index contributed by atoms with van der Waals surface area (Å²) in [4.78, 5) is 33.8. The Hall–Kier alpha value is -3.74. The summed E-state index contributed by atoms with van der Waals surface area (Å²) in [7, 11) is -4.05. The Bertz CT molecular complexity index is 1640. The van der Waals surface area contributed by atoms with Crippen LogP contribution in [-0.4, -0.2) is 42.9 Å². The van der Waals surface area contributed by atoms with Gasteiger partial charge >= 0.3 is 6.03 Å². The number of amides is 2. The van der Waals surface area contributed by atoms with E-state index in [2.05, 4.69) is 20.6 Å². The number of nitrogens with one attached hydrogen (secondary N) is 3. The third-order valence-electron chi connectivity index (χ3n) is 5.14. The molecule has 35 heavy (non-hydrogen) atoms. The van der Waals surface area contributed by atoms with Crippen LogP contribution < -0.4 is 20.9 Å². The Kier molecular flexibility index (Phi) is 6.01. The molecule has 1 aliphatic rings. The van der Waals surface area contributed by atoms with Crippen LogP contribution in [0.15, 0.2) is 74.9 Å². The van der Waals surface area contributed by atoms with Crippen molar-refractivity contribution < 1.29 is 13.2 Å². The number of fused-ring (bicyclic) bond motifs is 1. The van der Waals surface area contributed by atoms with Gasteiger partial charge < -0.3 is 10.6 Å². The molecule has 0 radical (unpaired) electrons. The van der Waals surface area contributed by atoms with Crippen LogP contribution >= 0.6 is 22.9 Å². The Balaban J connectivity index is 1.33. The maximum absolute atomic E-state index is 13.0. The SMILES string of the molecule is O=C(Nc1ccc(-n2ccc3cc(C4=NCCN4)ccc3c2=O)nc1)NS(=O)(=O)c1ccc(Cl)s1. The number of amidine groups is 1. The lowest BCUT2D eigenvalue weighted by Crippen LogP contribution is -2.34. The van der Waals surface area contributed by atoms with Crippen LogP contribution in [0.25, 0.3) is 16.6 Å². The van der Waals surface area contributed by atoms with Crippen molar-refractivity contribution in [2.45, 2.75) is 4.21 Å². The van der Waals surface area contributed by atoms with Crippen LogP contribution in [0.5, 0.6) is 0 Å². The van der Waals surface area contributed by atoms with Gasteiger partial charge in [-0.25, -0.2) is 22.9 Å². The van der Waals surface area contributed by atoms with Gasteiger partial charge in [0.15, 0.2) is 0 Å². The number of pyridine rings is 2. The summed E-state index contributed by atoms with van der Waals surface area (Å²) in [5.74, 6) is 1.16. The Morgan fingerprint density at radius 3 is 2.69 bits per heavy atom. The predicted molar refractivity (Wildman–Crippen MR) is 135 cm³/mol. The summed E-state index contributed by atoms with van der Waals surface area (Å²) in [6.07, 6.45) is 2.95. The molecule has 178 valence electrons. The van der Waals surface area contributed by atoms with Crippen LogP contribution in [0.1, 0.15) is 5.56 Å². The fourth-order valence-corrected chi connectivity index (χ4v) is 5.93. The van der Waals surface area contributed by atoms with Crippen molar-refractivity contribution in [2.24, 2.45) is 4.99 Å². The zero-order valence-electron chi connectivity index (χ0n) is 17.9. The molecule has 0 saturated heterocycles. The minimum Gasteiger partial charge on any atom is -0.368 e. The number of carbonyl (C=O) groups is 1. The predicted octanol–water partition coefficient (Wildman–Crippen LogP) is 2.96. The summed E-state index contributed by atoms with van der Waals surface area (Å²) in [6.45, 7) is 1.53. The van der Waals surface area contributed by atoms with E-state index in [1.165, 1.54) is 29.0 Å². The summed E-state index contributed by atoms with van der Waals surface area (Å²) < 4.78 is 28.0. The highest BCUT2D eigenvalue weighted by molar-refractivity contribution is 7.92. The number of aromatic nitrogens is 2. The number of thiophene rings is 1. The number of aliphatic imine (C=N–C) groups is 1. The van der Waals surface area contributed by atoms with Gasteiger partial charge in [0.25, 0.3) is 15.6 Å². The highest BCUT2D eigenvalue weighted by atomic mass is 35.5. The molecule has 0 spiro atoms. The molecule has 1 aromatic carbocycles. The minimum absolute atomic E-state index is 0.0820. The van der Waals surface area contributed by atoms with Gasteiger partial charge in [-0.3, -0.25) is 14.4 Å². The molecule has 1 aliphatic heterocycles. The molecule has 3 aromatic heterocycles. The van der Waals surface area contributed by atoms with Gasteiger partial charge in [0.05, 0.1) is 22.8 Å². The number of carbonyl (C=O) groups excluding carboxylic acids is 1. The van der Waals surface area contributed by atoms with Crippen molar-refractivity contribution in [3.8, 4) is 5.82 Å². The fraction of sp³-hybridized carbons (Fsp3) is 0.0909. The monoisotopic (exact) mass is 528 g/mol. The first-order valence-electron chi connectivity index (χ1n) is 10.3. The van der Waals surface area contributed by atoms with E-state index in [-0.39, 0.29) is 19.8 Å². The molecule has 0 unspecified atom stereocenters. The number of benzene rings is 1. The van der Waals surface area contributed by atoms with Crippen molar-refractivity contribution in [3.05, 3.63) is 81.2 Å². The molecule has 2 amide bonds. The number of nitrogens with zero attached hydrogens (tertiary/aromatic N) is 3. The van der Waals surface area contributed by atoms with Crippen molar-refractivity contribution >= 4 is 61.3 Å². The highest BCUT2D eigenvalue weighted by Crippen LogP contribution is 2.25. The van der Waals surface area contributed by atoms with E-state index in [9.17, 15) is 18.0 Å². The van der Waals surface area contributed by atoms with Crippen LogP contribution in [0.4, 0.5) is 10.5 Å². The molecule has 3 N–H and O–H groups in total. The molecule has 4 aromatic rings. The van der Waals surface area contributed by atoms with E-state index in [1.807, 2.05) is 22.9 Å². The first-order chi connectivity index (χ1) is 16.8. The lowest BCUT2D eigenvalue weighted by molar-refractivity contribution is 0.256. The van der Waals surface area contributed by atoms with E-state index in [1.54, 1.807) is 18.3 Å². The molecule has 10 nitrogen and oxygen atoms in total. The van der Waals surface area contributed by atoms with E-state index >= 15 is 0 Å². The first kappa shape index (κ1) is 23.0. The van der Waals surface area contributed by atoms with Crippen LogP contribution in [0.3, 0.4) is 0 Å². The number of sulfonamides is 1. The van der Waals surface area contributed by atoms with Gasteiger partial charge in [-0.1, -0.05) is 17.7 Å². The van der Waals surface area contributed by atoms with E-state index in [4.69, 9.17) is 11.6 Å². The smallest absolute Gasteiger partial charge is 0.333 e. The normalized spacial score (nSPS) is 13.3. The number of urea groups is 1. The van der Waals surface area contributed by atoms with Crippen molar-refractivity contribution in [1.82, 2.24) is 19.6 Å². The molecular weight excluding hydrogens is 512 g/mol. The zero-order chi connectivity index (χ0) is 24.6. The fourth-order valence-electron chi connectivity index (χ4n) is 3.54. The second kappa shape index (κ2) is 9.13. The molecule has 0 saturated carbocycles. The first-order valence-corrected chi connectivity index (χ1v) is 13.0. The van der Waals surface area contributed by atoms with Gasteiger partial charge in [-0.2, -0.15) is 0 Å². The number of halogens is 1. The number of hydrogen-bond acceptors (Lipinski definition) is 8. The van der Waals surface area contributed by atoms with Gasteiger partial charge in [0.2, 0.25) is 0 Å². The van der Waals surface area contributed by atoms with Gasteiger partial charge in [0, 0.05) is 23.7 Å². The third-order valence-corrected chi connectivity index (χ3v) is 8.20. The van der Waals surface area contributed by atoms with E-state index in [0.717, 1.165) is 41.2 Å². The number of hydrogen-bond donors (Lipinski definition) is 3. The summed E-state index contributed by atoms with van der Waals surface area (Å²) in [5, 5.41) is 6.93. The molecule has 0 atom stereocenters. The number of rotatable bonds is 5. The van der Waals surface area contributed by atoms with Crippen LogP contribution in [0.2, 0.25) is 4.34 Å². The third kappa shape index (κ3) is 4.76. The second-order valence-electron chi connectivity index (χ2n) is 7.47. The standard InChI is InChI=1S/C22H17ClN6O4S2/c23-17-4-6-19(34-17)35(32,33)28-22(31)27-15-2-5-18(26-12-15)29-10-7-13-11-14(20-24-8-9-25-20)1-3-16(13)21(29)30/h1-7,10-12H,8-9H2,(H,24,25)(H2,27,28,31). The quantitative estimate of drug-likeness (QED) is 0.364. The molecule has 0 fully saturated rings. The molecule has 4 heterocycles. The zero-order valence-corrected chi connectivity index (χ0v) is 20.2. The van der Waals surface area contributed by atoms with Crippen molar-refractivity contribution in [3.63, 3.8) is 0 Å². The van der Waals surface area contributed by atoms with Gasteiger partial charge in [-0.15, -0.1) is 11.3 Å². The molecule has 13 heteroatoms. The maximum Gasteiger partial charge on any atom is 0.333 e. The summed E-state index contributed by atoms with van der Waals surface area (Å²) in [5.41, 5.74) is 0.916. The van der Waals surface area contributed by atoms with Gasteiger partial charge in [-0.05, 0) is 47.9 Å². The molecular formula is C22H17ClN6O4S2. The van der Waals surface area contributed by atoms with Gasteiger partial charge in [0.1, 0.15) is 15.9 Å². The average molecular weight is 529 g/mol. The van der Waals surface area contributed by atoms with Crippen molar-refractivity contribution in [2.75, 3.05) is 18.4 Å². The lowest BCUT2D eigenvalue weighted by atomic mass is 10.1. The van der Waals surface area contributed by atoms with E-state index < -0.39 is 16.1 Å². The number of anilines is 1. The second-order valence-corrected chi connectivity index (χ2v) is 11.1. The molecule has 0 bridgehead atoms. The Morgan fingerprint density at radius 2 is 2.00 bits per heavy atom. The molecule has 5 rings (SSSR count). The largest absolute Gasteiger partial charge is 0.368 e. The topological polar surface area (TPSA) is 135 Å². The van der Waals surface area contributed by atoms with Crippen molar-refractivity contribution in [1.29, 1.82) is 0 Å². The summed E-state index contributed by atoms with van der Waals surface area (Å²) in [6, 6.07) is 12.2. The summed E-state index contributed by atoms with van der Waals surface area (Å²) >= 11 is 6.59. The Labute approximate surface area is 208 Å². The molecule has 0 aliphatic carbocycles. The Morgan fingerprint density at radius 1 is 1.14 bits per heavy atom. The van der Waals surface area contributed by atoms with Crippen LogP contribution in [-0.2, 0) is 10.0 Å². The highest BCUT2D eigenvalue weighted by Gasteiger charge is 2.20.